The number of hydrogen-bond donors (Lipinski definition) is 2. The summed E-state index contributed by atoms with van der Waals surface area (Å²) in [6.07, 6.45) is 6.46. The summed E-state index contributed by atoms with van der Waals surface area (Å²) in [4.78, 5) is 18.7. The number of nitrogens with zero attached hydrogens (tertiary/aromatic N) is 2. The van der Waals surface area contributed by atoms with Gasteiger partial charge in [0, 0.05) is 59.3 Å². The summed E-state index contributed by atoms with van der Waals surface area (Å²) in [7, 11) is 3.58. The van der Waals surface area contributed by atoms with Crippen molar-refractivity contribution in [1.29, 1.82) is 0 Å². The van der Waals surface area contributed by atoms with Gasteiger partial charge in [0.05, 0.1) is 0 Å². The summed E-state index contributed by atoms with van der Waals surface area (Å²) >= 11 is 0. The first-order valence-corrected chi connectivity index (χ1v) is 10.9. The Kier molecular flexibility index (Phi) is 7.92. The molecule has 1 unspecified atom stereocenters. The second kappa shape index (κ2) is 10.6. The van der Waals surface area contributed by atoms with Crippen molar-refractivity contribution < 1.29 is 9.53 Å². The number of guanidine groups is 1. The van der Waals surface area contributed by atoms with Crippen molar-refractivity contribution in [3.8, 4) is 0 Å². The molecule has 1 aromatic rings. The van der Waals surface area contributed by atoms with Gasteiger partial charge in [-0.05, 0) is 36.7 Å². The molecule has 0 radical (unpaired) electrons. The number of rotatable bonds is 10. The third kappa shape index (κ3) is 6.20. The smallest absolute Gasteiger partial charge is 0.223 e. The second-order valence-corrected chi connectivity index (χ2v) is 8.55. The monoisotopic (exact) mass is 400 g/mol. The molecule has 6 nitrogen and oxygen atoms in total. The van der Waals surface area contributed by atoms with Crippen molar-refractivity contribution in [2.45, 2.75) is 38.5 Å². The van der Waals surface area contributed by atoms with Crippen LogP contribution in [0, 0.1) is 11.3 Å². The molecule has 1 aromatic carbocycles. The van der Waals surface area contributed by atoms with Crippen LogP contribution in [-0.4, -0.2) is 63.7 Å². The summed E-state index contributed by atoms with van der Waals surface area (Å²) in [5.74, 6) is 1.44. The number of amides is 1. The number of ether oxygens (including phenoxy) is 1. The fourth-order valence-electron chi connectivity index (χ4n) is 4.36. The zero-order valence-electron chi connectivity index (χ0n) is 18.0. The van der Waals surface area contributed by atoms with E-state index in [0.29, 0.717) is 17.8 Å². The maximum Gasteiger partial charge on any atom is 0.223 e. The predicted molar refractivity (Wildman–Crippen MR) is 117 cm³/mol. The molecule has 1 saturated carbocycles. The number of hydrogen-bond acceptors (Lipinski definition) is 3. The number of methoxy groups -OCH3 is 1. The normalized spacial score (nSPS) is 21.2. The van der Waals surface area contributed by atoms with E-state index in [1.54, 1.807) is 7.11 Å². The van der Waals surface area contributed by atoms with Crippen molar-refractivity contribution in [3.05, 3.63) is 35.9 Å². The standard InChI is InChI=1S/C23H36N4O2/c1-24-22(26-18-23(10-6-11-23)12-14-29-2)25-16-20-15-21(28)27(17-20)13-9-19-7-4-3-5-8-19/h3-5,7-8,20H,6,9-18H2,1-2H3,(H2,24,25,26). The van der Waals surface area contributed by atoms with Crippen LogP contribution in [-0.2, 0) is 16.0 Å². The maximum absolute atomic E-state index is 12.4. The van der Waals surface area contributed by atoms with Crippen molar-refractivity contribution >= 4 is 11.9 Å². The molecule has 1 aliphatic carbocycles. The highest BCUT2D eigenvalue weighted by atomic mass is 16.5. The highest BCUT2D eigenvalue weighted by Gasteiger charge is 2.36. The molecule has 29 heavy (non-hydrogen) atoms. The molecule has 0 aromatic heterocycles. The number of carbonyl (C=O) groups is 1. The molecule has 2 aliphatic rings. The van der Waals surface area contributed by atoms with Gasteiger partial charge in [0.15, 0.2) is 5.96 Å². The average Bonchev–Trinajstić information content (AvgIpc) is 3.07. The maximum atomic E-state index is 12.4. The minimum absolute atomic E-state index is 0.267. The molecule has 1 saturated heterocycles. The Labute approximate surface area is 175 Å². The lowest BCUT2D eigenvalue weighted by Gasteiger charge is -2.42. The highest BCUT2D eigenvalue weighted by Crippen LogP contribution is 2.43. The van der Waals surface area contributed by atoms with E-state index in [9.17, 15) is 4.79 Å². The molecule has 160 valence electrons. The Morgan fingerprint density at radius 3 is 2.72 bits per heavy atom. The van der Waals surface area contributed by atoms with E-state index in [-0.39, 0.29) is 5.91 Å². The van der Waals surface area contributed by atoms with Crippen LogP contribution in [0.4, 0.5) is 0 Å². The fraction of sp³-hybridized carbons (Fsp3) is 0.652. The molecule has 0 spiro atoms. The number of likely N-dealkylation sites (tertiary alicyclic amines) is 1. The molecule has 1 atom stereocenters. The van der Waals surface area contributed by atoms with Gasteiger partial charge in [-0.15, -0.1) is 0 Å². The van der Waals surface area contributed by atoms with Gasteiger partial charge >= 0.3 is 0 Å². The van der Waals surface area contributed by atoms with Gasteiger partial charge in [-0.2, -0.15) is 0 Å². The summed E-state index contributed by atoms with van der Waals surface area (Å²) in [6, 6.07) is 10.4. The summed E-state index contributed by atoms with van der Waals surface area (Å²) in [6.45, 7) is 4.15. The van der Waals surface area contributed by atoms with Gasteiger partial charge in [0.1, 0.15) is 0 Å². The molecule has 2 fully saturated rings. The van der Waals surface area contributed by atoms with Gasteiger partial charge < -0.3 is 20.3 Å². The van der Waals surface area contributed by atoms with Crippen LogP contribution in [0.25, 0.3) is 0 Å². The van der Waals surface area contributed by atoms with Crippen LogP contribution in [0.2, 0.25) is 0 Å². The molecular formula is C23H36N4O2. The molecular weight excluding hydrogens is 364 g/mol. The Hall–Kier alpha value is -2.08. The highest BCUT2D eigenvalue weighted by molar-refractivity contribution is 5.80. The number of carbonyl (C=O) groups excluding carboxylic acids is 1. The van der Waals surface area contributed by atoms with E-state index >= 15 is 0 Å². The van der Waals surface area contributed by atoms with Crippen LogP contribution >= 0.6 is 0 Å². The SMILES string of the molecule is CN=C(NCC1CC(=O)N(CCc2ccccc2)C1)NCC1(CCOC)CCC1. The van der Waals surface area contributed by atoms with E-state index < -0.39 is 0 Å². The van der Waals surface area contributed by atoms with E-state index in [1.165, 1.54) is 24.8 Å². The van der Waals surface area contributed by atoms with Gasteiger partial charge in [-0.25, -0.2) is 0 Å². The molecule has 3 rings (SSSR count). The largest absolute Gasteiger partial charge is 0.385 e. The van der Waals surface area contributed by atoms with Crippen molar-refractivity contribution in [2.24, 2.45) is 16.3 Å². The van der Waals surface area contributed by atoms with Gasteiger partial charge in [0.25, 0.3) is 0 Å². The minimum Gasteiger partial charge on any atom is -0.385 e. The summed E-state index contributed by atoms with van der Waals surface area (Å²) in [5.41, 5.74) is 1.63. The zero-order chi connectivity index (χ0) is 20.5. The first kappa shape index (κ1) is 21.6. The Morgan fingerprint density at radius 2 is 2.07 bits per heavy atom. The number of benzene rings is 1. The average molecular weight is 401 g/mol. The predicted octanol–water partition coefficient (Wildman–Crippen LogP) is 2.45. The minimum atomic E-state index is 0.267. The quantitative estimate of drug-likeness (QED) is 0.468. The fourth-order valence-corrected chi connectivity index (χ4v) is 4.36. The van der Waals surface area contributed by atoms with Crippen molar-refractivity contribution in [2.75, 3.05) is 46.9 Å². The van der Waals surface area contributed by atoms with Crippen LogP contribution in [0.1, 0.15) is 37.7 Å². The number of aliphatic imine (C=N–C) groups is 1. The third-order valence-electron chi connectivity index (χ3n) is 6.47. The number of nitrogens with one attached hydrogen (secondary N) is 2. The zero-order valence-corrected chi connectivity index (χ0v) is 18.0. The first-order valence-electron chi connectivity index (χ1n) is 10.9. The summed E-state index contributed by atoms with van der Waals surface area (Å²) < 4.78 is 5.28. The van der Waals surface area contributed by atoms with Crippen LogP contribution < -0.4 is 10.6 Å². The van der Waals surface area contributed by atoms with Crippen LogP contribution in [0.5, 0.6) is 0 Å². The van der Waals surface area contributed by atoms with Crippen molar-refractivity contribution in [1.82, 2.24) is 15.5 Å². The van der Waals surface area contributed by atoms with Crippen LogP contribution in [0.15, 0.2) is 35.3 Å². The van der Waals surface area contributed by atoms with Gasteiger partial charge in [-0.3, -0.25) is 9.79 Å². The van der Waals surface area contributed by atoms with Crippen molar-refractivity contribution in [3.63, 3.8) is 0 Å². The molecule has 2 N–H and O–H groups in total. The Bertz CT molecular complexity index is 673. The Balaban J connectivity index is 1.39. The van der Waals surface area contributed by atoms with E-state index in [0.717, 1.165) is 51.6 Å². The lowest BCUT2D eigenvalue weighted by Crippen LogP contribution is -2.47. The van der Waals surface area contributed by atoms with E-state index in [4.69, 9.17) is 4.74 Å². The molecule has 6 heteroatoms. The first-order chi connectivity index (χ1) is 14.1. The van der Waals surface area contributed by atoms with Gasteiger partial charge in [-0.1, -0.05) is 36.8 Å². The molecule has 1 aliphatic heterocycles. The lowest BCUT2D eigenvalue weighted by molar-refractivity contribution is -0.127. The van der Waals surface area contributed by atoms with E-state index in [2.05, 4.69) is 39.9 Å². The molecule has 1 amide bonds. The van der Waals surface area contributed by atoms with Gasteiger partial charge in [0.2, 0.25) is 5.91 Å². The van der Waals surface area contributed by atoms with E-state index in [1.807, 2.05) is 18.0 Å². The topological polar surface area (TPSA) is 66.0 Å². The lowest BCUT2D eigenvalue weighted by atomic mass is 9.67. The summed E-state index contributed by atoms with van der Waals surface area (Å²) in [5, 5.41) is 6.93. The Morgan fingerprint density at radius 1 is 1.28 bits per heavy atom. The second-order valence-electron chi connectivity index (χ2n) is 8.55. The third-order valence-corrected chi connectivity index (χ3v) is 6.47. The van der Waals surface area contributed by atoms with Crippen LogP contribution in [0.3, 0.4) is 0 Å². The molecule has 1 heterocycles. The molecule has 0 bridgehead atoms.